The number of rotatable bonds is 8. The Bertz CT molecular complexity index is 282. The molecule has 0 aromatic rings. The molecule has 0 N–H and O–H groups in total. The van der Waals surface area contributed by atoms with Crippen molar-refractivity contribution in [2.24, 2.45) is 10.8 Å². The maximum absolute atomic E-state index is 10.0. The van der Waals surface area contributed by atoms with Gasteiger partial charge in [0.15, 0.2) is 0 Å². The van der Waals surface area contributed by atoms with Crippen LogP contribution in [0.15, 0.2) is 0 Å². The summed E-state index contributed by atoms with van der Waals surface area (Å²) in [5, 5.41) is 20.0. The first-order chi connectivity index (χ1) is 9.83. The van der Waals surface area contributed by atoms with E-state index in [1.165, 1.54) is 0 Å². The van der Waals surface area contributed by atoms with Crippen molar-refractivity contribution in [3.8, 4) is 0 Å². The number of aliphatic carboxylic acids is 2. The number of hydrogen-bond acceptors (Lipinski definition) is 4. The first-order valence-corrected chi connectivity index (χ1v) is 8.23. The van der Waals surface area contributed by atoms with Crippen LogP contribution in [0.4, 0.5) is 0 Å². The zero-order valence-electron chi connectivity index (χ0n) is 15.8. The summed E-state index contributed by atoms with van der Waals surface area (Å²) in [6, 6.07) is 0. The number of carbonyl (C=O) groups excluding carboxylic acids is 2. The van der Waals surface area contributed by atoms with Crippen LogP contribution in [0.25, 0.3) is 0 Å². The second-order valence-electron chi connectivity index (χ2n) is 8.28. The van der Waals surface area contributed by atoms with Crippen LogP contribution in [-0.4, -0.2) is 39.2 Å². The number of carboxylic acid groups (broad SMARTS) is 2. The summed E-state index contributed by atoms with van der Waals surface area (Å²) in [7, 11) is 0. The van der Waals surface area contributed by atoms with E-state index in [1.54, 1.807) is 0 Å². The summed E-state index contributed by atoms with van der Waals surface area (Å²) in [6.45, 7) is 13.0. The van der Waals surface area contributed by atoms with Crippen LogP contribution in [0.5, 0.6) is 0 Å². The van der Waals surface area contributed by atoms with Crippen molar-refractivity contribution >= 4 is 39.2 Å². The van der Waals surface area contributed by atoms with Crippen LogP contribution in [0.2, 0.25) is 0 Å². The maximum atomic E-state index is 10.0. The van der Waals surface area contributed by atoms with E-state index in [0.717, 1.165) is 38.5 Å². The summed E-state index contributed by atoms with van der Waals surface area (Å²) >= 11 is 0. The van der Waals surface area contributed by atoms with Gasteiger partial charge in [-0.05, 0) is 49.4 Å². The van der Waals surface area contributed by atoms with E-state index in [-0.39, 0.29) is 40.1 Å². The zero-order valence-corrected chi connectivity index (χ0v) is 19.7. The molecular formula is C18H34O4Pb. The van der Waals surface area contributed by atoms with Crippen LogP contribution < -0.4 is 10.2 Å². The van der Waals surface area contributed by atoms with Crippen molar-refractivity contribution in [1.82, 2.24) is 0 Å². The molecule has 0 aliphatic rings. The SMILES string of the molecule is CC(C)(C)CCCCC(=O)[O-].CC(C)(C)CCCCC(=O)[O-].[Pb+2]. The van der Waals surface area contributed by atoms with Gasteiger partial charge in [-0.2, -0.15) is 0 Å². The molecule has 0 spiro atoms. The molecule has 0 aromatic carbocycles. The molecular weight excluding hydrogens is 487 g/mol. The molecule has 4 nitrogen and oxygen atoms in total. The first kappa shape index (κ1) is 27.7. The van der Waals surface area contributed by atoms with E-state index in [2.05, 4.69) is 41.5 Å². The van der Waals surface area contributed by atoms with Gasteiger partial charge in [-0.25, -0.2) is 0 Å². The molecule has 0 bridgehead atoms. The monoisotopic (exact) mass is 522 g/mol. The Balaban J connectivity index is -0.000000333. The summed E-state index contributed by atoms with van der Waals surface area (Å²) in [5.74, 6) is -1.86. The number of carbonyl (C=O) groups is 2. The Labute approximate surface area is 162 Å². The second-order valence-corrected chi connectivity index (χ2v) is 8.28. The molecule has 0 amide bonds. The van der Waals surface area contributed by atoms with Gasteiger partial charge in [-0.1, -0.05) is 54.4 Å². The molecule has 0 aliphatic carbocycles. The van der Waals surface area contributed by atoms with Gasteiger partial charge in [0.05, 0.1) is 0 Å². The van der Waals surface area contributed by atoms with E-state index in [0.29, 0.717) is 10.8 Å². The van der Waals surface area contributed by atoms with Crippen LogP contribution in [0.3, 0.4) is 0 Å². The molecule has 23 heavy (non-hydrogen) atoms. The largest absolute Gasteiger partial charge is 2.00 e. The van der Waals surface area contributed by atoms with Crippen molar-refractivity contribution in [3.05, 3.63) is 0 Å². The van der Waals surface area contributed by atoms with Crippen LogP contribution in [0, 0.1) is 10.8 Å². The van der Waals surface area contributed by atoms with E-state index in [4.69, 9.17) is 0 Å². The Morgan fingerprint density at radius 1 is 0.652 bits per heavy atom. The summed E-state index contributed by atoms with van der Waals surface area (Å²) in [4.78, 5) is 20.0. The van der Waals surface area contributed by atoms with Gasteiger partial charge in [0.25, 0.3) is 0 Å². The standard InChI is InChI=1S/2C9H18O2.Pb/c2*1-9(2,3)7-5-4-6-8(10)11;/h2*4-7H2,1-3H3,(H,10,11);/q;;+2/p-2. The Hall–Kier alpha value is -0.138. The number of hydrogen-bond donors (Lipinski definition) is 0. The topological polar surface area (TPSA) is 80.3 Å². The van der Waals surface area contributed by atoms with Crippen molar-refractivity contribution in [1.29, 1.82) is 0 Å². The van der Waals surface area contributed by atoms with E-state index >= 15 is 0 Å². The Morgan fingerprint density at radius 2 is 0.913 bits per heavy atom. The summed E-state index contributed by atoms with van der Waals surface area (Å²) < 4.78 is 0. The minimum atomic E-state index is -0.932. The molecule has 0 heterocycles. The van der Waals surface area contributed by atoms with Gasteiger partial charge >= 0.3 is 27.3 Å². The quantitative estimate of drug-likeness (QED) is 0.363. The van der Waals surface area contributed by atoms with E-state index < -0.39 is 11.9 Å². The summed E-state index contributed by atoms with van der Waals surface area (Å²) in [6.07, 6.45) is 6.04. The average Bonchev–Trinajstić information content (AvgIpc) is 2.28. The van der Waals surface area contributed by atoms with Gasteiger partial charge < -0.3 is 19.8 Å². The predicted octanol–water partition coefficient (Wildman–Crippen LogP) is 2.30. The third kappa shape index (κ3) is 34.3. The van der Waals surface area contributed by atoms with Gasteiger partial charge in [0, 0.05) is 11.9 Å². The van der Waals surface area contributed by atoms with Crippen LogP contribution >= 0.6 is 0 Å². The van der Waals surface area contributed by atoms with Crippen molar-refractivity contribution in [3.63, 3.8) is 0 Å². The second kappa shape index (κ2) is 14.2. The average molecular weight is 522 g/mol. The first-order valence-electron chi connectivity index (χ1n) is 8.23. The molecule has 134 valence electrons. The minimum Gasteiger partial charge on any atom is -0.550 e. The molecule has 0 unspecified atom stereocenters. The number of unbranched alkanes of at least 4 members (excludes halogenated alkanes) is 2. The normalized spacial score (nSPS) is 11.0. The number of carboxylic acids is 2. The smallest absolute Gasteiger partial charge is 0.550 e. The molecule has 0 rings (SSSR count). The van der Waals surface area contributed by atoms with E-state index in [1.807, 2.05) is 0 Å². The van der Waals surface area contributed by atoms with Crippen LogP contribution in [0.1, 0.15) is 92.9 Å². The van der Waals surface area contributed by atoms with Gasteiger partial charge in [0.2, 0.25) is 0 Å². The van der Waals surface area contributed by atoms with Crippen molar-refractivity contribution in [2.45, 2.75) is 92.9 Å². The zero-order chi connectivity index (χ0) is 17.8. The molecule has 0 saturated heterocycles. The maximum Gasteiger partial charge on any atom is 2.00 e. The third-order valence-corrected chi connectivity index (χ3v) is 3.12. The minimum absolute atomic E-state index is 0. The Morgan fingerprint density at radius 3 is 1.09 bits per heavy atom. The third-order valence-electron chi connectivity index (χ3n) is 3.12. The fourth-order valence-electron chi connectivity index (χ4n) is 1.85. The van der Waals surface area contributed by atoms with Crippen molar-refractivity contribution in [2.75, 3.05) is 0 Å². The molecule has 2 radical (unpaired) electrons. The molecule has 0 aromatic heterocycles. The molecule has 0 atom stereocenters. The Kier molecular flexibility index (Phi) is 17.1. The fraction of sp³-hybridized carbons (Fsp3) is 0.889. The molecule has 5 heteroatoms. The summed E-state index contributed by atoms with van der Waals surface area (Å²) in [5.41, 5.74) is 0.651. The van der Waals surface area contributed by atoms with Gasteiger partial charge in [-0.3, -0.25) is 0 Å². The molecule has 0 fully saturated rings. The van der Waals surface area contributed by atoms with Crippen LogP contribution in [-0.2, 0) is 9.59 Å². The predicted molar refractivity (Wildman–Crippen MR) is 91.6 cm³/mol. The van der Waals surface area contributed by atoms with E-state index in [9.17, 15) is 19.8 Å². The fourth-order valence-corrected chi connectivity index (χ4v) is 1.85. The molecule has 0 saturated carbocycles. The van der Waals surface area contributed by atoms with Gasteiger partial charge in [0.1, 0.15) is 0 Å². The van der Waals surface area contributed by atoms with Gasteiger partial charge in [-0.15, -0.1) is 0 Å². The molecule has 0 aliphatic heterocycles. The van der Waals surface area contributed by atoms with Crippen molar-refractivity contribution < 1.29 is 19.8 Å².